The molecule has 0 aromatic carbocycles. The minimum Gasteiger partial charge on any atom is -0.396 e. The highest BCUT2D eigenvalue weighted by atomic mass is 16.5. The van der Waals surface area contributed by atoms with Crippen LogP contribution in [-0.2, 0) is 4.74 Å². The van der Waals surface area contributed by atoms with Gasteiger partial charge in [0.2, 0.25) is 0 Å². The first kappa shape index (κ1) is 15.3. The third-order valence-corrected chi connectivity index (χ3v) is 5.03. The van der Waals surface area contributed by atoms with Crippen molar-refractivity contribution in [2.24, 2.45) is 11.3 Å². The third-order valence-electron chi connectivity index (χ3n) is 5.03. The summed E-state index contributed by atoms with van der Waals surface area (Å²) in [6.45, 7) is 4.42. The Hall–Kier alpha value is -0.120. The van der Waals surface area contributed by atoms with Gasteiger partial charge in [0.05, 0.1) is 24.9 Å². The highest BCUT2D eigenvalue weighted by Crippen LogP contribution is 2.46. The second kappa shape index (κ2) is 6.11. The van der Waals surface area contributed by atoms with Gasteiger partial charge in [0.1, 0.15) is 0 Å². The van der Waals surface area contributed by atoms with Gasteiger partial charge in [0.15, 0.2) is 0 Å². The molecule has 1 aliphatic carbocycles. The molecule has 0 radical (unpaired) electrons. The molecule has 2 N–H and O–H groups in total. The minimum atomic E-state index is -0.358. The Morgan fingerprint density at radius 1 is 1.16 bits per heavy atom. The van der Waals surface area contributed by atoms with Gasteiger partial charge in [0.25, 0.3) is 0 Å². The highest BCUT2D eigenvalue weighted by molar-refractivity contribution is 4.95. The van der Waals surface area contributed by atoms with E-state index in [0.29, 0.717) is 5.92 Å². The summed E-state index contributed by atoms with van der Waals surface area (Å²) in [4.78, 5) is 0. The van der Waals surface area contributed by atoms with Gasteiger partial charge in [-0.05, 0) is 44.4 Å². The third kappa shape index (κ3) is 3.50. The van der Waals surface area contributed by atoms with Crippen molar-refractivity contribution < 1.29 is 14.9 Å². The second-order valence-electron chi connectivity index (χ2n) is 7.29. The predicted molar refractivity (Wildman–Crippen MR) is 76.0 cm³/mol. The van der Waals surface area contributed by atoms with Crippen LogP contribution in [0.25, 0.3) is 0 Å². The van der Waals surface area contributed by atoms with Gasteiger partial charge in [-0.15, -0.1) is 0 Å². The van der Waals surface area contributed by atoms with Crippen molar-refractivity contribution in [3.05, 3.63) is 0 Å². The van der Waals surface area contributed by atoms with Gasteiger partial charge >= 0.3 is 0 Å². The fourth-order valence-electron chi connectivity index (χ4n) is 4.17. The molecule has 19 heavy (non-hydrogen) atoms. The van der Waals surface area contributed by atoms with Crippen LogP contribution in [0.4, 0.5) is 0 Å². The number of hydrogen-bond donors (Lipinski definition) is 2. The lowest BCUT2D eigenvalue weighted by Gasteiger charge is -2.34. The number of hydrogen-bond acceptors (Lipinski definition) is 3. The van der Waals surface area contributed by atoms with E-state index in [1.807, 2.05) is 0 Å². The highest BCUT2D eigenvalue weighted by Gasteiger charge is 2.44. The summed E-state index contributed by atoms with van der Waals surface area (Å²) in [6, 6.07) is 0. The fourth-order valence-corrected chi connectivity index (χ4v) is 4.17. The van der Waals surface area contributed by atoms with Crippen molar-refractivity contribution in [1.29, 1.82) is 0 Å². The molecule has 2 aliphatic rings. The van der Waals surface area contributed by atoms with E-state index in [1.54, 1.807) is 0 Å². The van der Waals surface area contributed by atoms with E-state index in [0.717, 1.165) is 19.3 Å². The van der Waals surface area contributed by atoms with Crippen molar-refractivity contribution >= 4 is 0 Å². The Balaban J connectivity index is 1.94. The zero-order valence-corrected chi connectivity index (χ0v) is 12.5. The maximum absolute atomic E-state index is 9.73. The van der Waals surface area contributed by atoms with Gasteiger partial charge in [-0.2, -0.15) is 0 Å². The van der Waals surface area contributed by atoms with Crippen LogP contribution in [-0.4, -0.2) is 35.1 Å². The summed E-state index contributed by atoms with van der Waals surface area (Å²) in [7, 11) is 0. The molecule has 112 valence electrons. The van der Waals surface area contributed by atoms with E-state index in [2.05, 4.69) is 13.8 Å². The van der Waals surface area contributed by atoms with Crippen molar-refractivity contribution in [3.63, 3.8) is 0 Å². The summed E-state index contributed by atoms with van der Waals surface area (Å²) >= 11 is 0. The Morgan fingerprint density at radius 2 is 1.79 bits per heavy atom. The largest absolute Gasteiger partial charge is 0.396 e. The molecule has 1 atom stereocenters. The van der Waals surface area contributed by atoms with E-state index >= 15 is 0 Å². The Bertz CT molecular complexity index is 278. The molecule has 0 aromatic rings. The van der Waals surface area contributed by atoms with E-state index in [1.165, 1.54) is 32.1 Å². The van der Waals surface area contributed by atoms with Crippen LogP contribution in [0.1, 0.15) is 65.2 Å². The molecular formula is C16H30O3. The van der Waals surface area contributed by atoms with Crippen molar-refractivity contribution in [2.45, 2.75) is 76.9 Å². The Morgan fingerprint density at radius 3 is 2.32 bits per heavy atom. The number of rotatable bonds is 6. The summed E-state index contributed by atoms with van der Waals surface area (Å²) in [5, 5.41) is 19.5. The van der Waals surface area contributed by atoms with Crippen molar-refractivity contribution in [3.8, 4) is 0 Å². The smallest absolute Gasteiger partial charge is 0.0687 e. The first-order valence-electron chi connectivity index (χ1n) is 7.93. The maximum atomic E-state index is 9.73. The monoisotopic (exact) mass is 270 g/mol. The van der Waals surface area contributed by atoms with Crippen LogP contribution in [0.5, 0.6) is 0 Å². The van der Waals surface area contributed by atoms with Crippen LogP contribution in [0, 0.1) is 11.3 Å². The maximum Gasteiger partial charge on any atom is 0.0687 e. The van der Waals surface area contributed by atoms with E-state index < -0.39 is 0 Å². The summed E-state index contributed by atoms with van der Waals surface area (Å²) < 4.78 is 6.33. The van der Waals surface area contributed by atoms with Crippen LogP contribution < -0.4 is 0 Å². The molecule has 2 rings (SSSR count). The quantitative estimate of drug-likeness (QED) is 0.780. The lowest BCUT2D eigenvalue weighted by atomic mass is 9.76. The second-order valence-corrected chi connectivity index (χ2v) is 7.29. The molecule has 1 saturated heterocycles. The minimum absolute atomic E-state index is 0.0640. The standard InChI is InChI=1S/C16H30O3/c1-13(2)9-15(11-17,12-18)10-14-5-8-16(19-14)6-3-4-7-16/h13-14,17-18H,3-12H2,1-2H3. The molecule has 0 bridgehead atoms. The van der Waals surface area contributed by atoms with E-state index in [4.69, 9.17) is 4.74 Å². The number of ether oxygens (including phenoxy) is 1. The van der Waals surface area contributed by atoms with Crippen LogP contribution in [0.2, 0.25) is 0 Å². The lowest BCUT2D eigenvalue weighted by molar-refractivity contribution is -0.0729. The van der Waals surface area contributed by atoms with Crippen molar-refractivity contribution in [2.75, 3.05) is 13.2 Å². The molecular weight excluding hydrogens is 240 g/mol. The molecule has 1 heterocycles. The first-order valence-corrected chi connectivity index (χ1v) is 7.93. The number of aliphatic hydroxyl groups is 2. The molecule has 1 spiro atoms. The molecule has 0 aromatic heterocycles. The van der Waals surface area contributed by atoms with Crippen molar-refractivity contribution in [1.82, 2.24) is 0 Å². The Labute approximate surface area is 117 Å². The van der Waals surface area contributed by atoms with Gasteiger partial charge in [-0.25, -0.2) is 0 Å². The topological polar surface area (TPSA) is 49.7 Å². The average Bonchev–Trinajstić information content (AvgIpc) is 2.99. The van der Waals surface area contributed by atoms with Crippen LogP contribution >= 0.6 is 0 Å². The van der Waals surface area contributed by atoms with Gasteiger partial charge < -0.3 is 14.9 Å². The van der Waals surface area contributed by atoms with Gasteiger partial charge in [-0.1, -0.05) is 26.7 Å². The normalized spacial score (nSPS) is 26.7. The fraction of sp³-hybridized carbons (Fsp3) is 1.00. The molecule has 3 nitrogen and oxygen atoms in total. The average molecular weight is 270 g/mol. The Kier molecular flexibility index (Phi) is 4.91. The molecule has 1 saturated carbocycles. The lowest BCUT2D eigenvalue weighted by Crippen LogP contribution is -2.36. The summed E-state index contributed by atoms with van der Waals surface area (Å²) in [6.07, 6.45) is 9.18. The summed E-state index contributed by atoms with van der Waals surface area (Å²) in [5.41, 5.74) is -0.206. The predicted octanol–water partition coefficient (Wildman–Crippen LogP) is 2.89. The molecule has 0 amide bonds. The molecule has 2 fully saturated rings. The van der Waals surface area contributed by atoms with E-state index in [9.17, 15) is 10.2 Å². The first-order chi connectivity index (χ1) is 9.03. The molecule has 1 aliphatic heterocycles. The number of aliphatic hydroxyl groups excluding tert-OH is 2. The van der Waals surface area contributed by atoms with Gasteiger partial charge in [-0.3, -0.25) is 0 Å². The van der Waals surface area contributed by atoms with Crippen LogP contribution in [0.3, 0.4) is 0 Å². The summed E-state index contributed by atoms with van der Waals surface area (Å²) in [5.74, 6) is 0.487. The molecule has 3 heteroatoms. The zero-order valence-electron chi connectivity index (χ0n) is 12.5. The van der Waals surface area contributed by atoms with Crippen LogP contribution in [0.15, 0.2) is 0 Å². The van der Waals surface area contributed by atoms with Gasteiger partial charge in [0, 0.05) is 5.41 Å². The van der Waals surface area contributed by atoms with E-state index in [-0.39, 0.29) is 30.3 Å². The molecule has 1 unspecified atom stereocenters. The zero-order chi connectivity index (χ0) is 13.9. The SMILES string of the molecule is CC(C)CC(CO)(CO)CC1CCC2(CCCC2)O1.